The summed E-state index contributed by atoms with van der Waals surface area (Å²) in [6.45, 7) is 0. The predicted octanol–water partition coefficient (Wildman–Crippen LogP) is 2.77. The van der Waals surface area contributed by atoms with E-state index in [1.165, 1.54) is 0 Å². The van der Waals surface area contributed by atoms with Crippen LogP contribution >= 0.6 is 7.60 Å². The molecule has 0 bridgehead atoms. The van der Waals surface area contributed by atoms with Crippen LogP contribution in [-0.2, 0) is 4.57 Å². The number of carbonyl (C=O) groups excluding carboxylic acids is 1. The Morgan fingerprint density at radius 2 is 1.37 bits per heavy atom. The molecule has 1 unspecified atom stereocenters. The number of ketones is 1. The van der Waals surface area contributed by atoms with Gasteiger partial charge in [-0.15, -0.1) is 0 Å². The molecule has 0 amide bonds. The van der Waals surface area contributed by atoms with Crippen molar-refractivity contribution in [2.45, 2.75) is 5.66 Å². The van der Waals surface area contributed by atoms with Crippen LogP contribution in [0.25, 0.3) is 11.1 Å². The van der Waals surface area contributed by atoms with E-state index in [9.17, 15) is 19.1 Å². The molecule has 1 aliphatic carbocycles. The van der Waals surface area contributed by atoms with Gasteiger partial charge in [-0.2, -0.15) is 0 Å². The lowest BCUT2D eigenvalue weighted by Gasteiger charge is -2.26. The number of benzene rings is 2. The normalized spacial score (nSPS) is 17.8. The van der Waals surface area contributed by atoms with E-state index in [-0.39, 0.29) is 0 Å². The lowest BCUT2D eigenvalue weighted by Crippen LogP contribution is -2.19. The highest BCUT2D eigenvalue weighted by molar-refractivity contribution is 7.53. The van der Waals surface area contributed by atoms with Crippen LogP contribution in [0.5, 0.6) is 0 Å². The Kier molecular flexibility index (Phi) is 2.68. The van der Waals surface area contributed by atoms with Gasteiger partial charge in [0.25, 0.3) is 0 Å². The Bertz CT molecular complexity index is 717. The summed E-state index contributed by atoms with van der Waals surface area (Å²) < 4.78 is 11.6. The van der Waals surface area contributed by atoms with E-state index in [4.69, 9.17) is 0 Å². The molecule has 2 aromatic carbocycles. The molecule has 3 rings (SSSR count). The number of Topliss-reactive ketones (excluding diaryl/α,β-unsaturated/α-hetero) is 1. The second-order valence-corrected chi connectivity index (χ2v) is 6.18. The van der Waals surface area contributed by atoms with E-state index >= 15 is 0 Å². The van der Waals surface area contributed by atoms with E-state index < -0.39 is 19.0 Å². The smallest absolute Gasteiger partial charge is 0.324 e. The van der Waals surface area contributed by atoms with Crippen molar-refractivity contribution in [3.05, 3.63) is 59.7 Å². The van der Waals surface area contributed by atoms with Gasteiger partial charge in [0, 0.05) is 5.56 Å². The Hall–Kier alpha value is -1.74. The molecule has 19 heavy (non-hydrogen) atoms. The molecule has 5 heteroatoms. The van der Waals surface area contributed by atoms with Crippen molar-refractivity contribution in [3.63, 3.8) is 0 Å². The zero-order valence-electron chi connectivity index (χ0n) is 9.85. The summed E-state index contributed by atoms with van der Waals surface area (Å²) in [7, 11) is -4.53. The van der Waals surface area contributed by atoms with E-state index in [0.717, 1.165) is 5.56 Å². The zero-order valence-corrected chi connectivity index (χ0v) is 10.7. The summed E-state index contributed by atoms with van der Waals surface area (Å²) in [4.78, 5) is 31.3. The van der Waals surface area contributed by atoms with Gasteiger partial charge in [0.05, 0.1) is 0 Å². The van der Waals surface area contributed by atoms with Crippen molar-refractivity contribution < 1.29 is 19.1 Å². The summed E-state index contributed by atoms with van der Waals surface area (Å²) in [6, 6.07) is 13.8. The largest absolute Gasteiger partial charge is 0.340 e. The first-order valence-electron chi connectivity index (χ1n) is 5.78. The van der Waals surface area contributed by atoms with Gasteiger partial charge < -0.3 is 9.79 Å². The average molecular weight is 274 g/mol. The number of rotatable bonds is 1. The van der Waals surface area contributed by atoms with Gasteiger partial charge in [-0.25, -0.2) is 0 Å². The minimum Gasteiger partial charge on any atom is -0.324 e. The van der Waals surface area contributed by atoms with Crippen LogP contribution in [0.15, 0.2) is 48.5 Å². The lowest BCUT2D eigenvalue weighted by atomic mass is 9.84. The third-order valence-electron chi connectivity index (χ3n) is 3.32. The molecule has 0 radical (unpaired) electrons. The molecule has 0 aliphatic heterocycles. The molecular weight excluding hydrogens is 263 g/mol. The Balaban J connectivity index is 2.36. The molecule has 0 aromatic heterocycles. The molecule has 96 valence electrons. The Morgan fingerprint density at radius 1 is 0.842 bits per heavy atom. The van der Waals surface area contributed by atoms with Crippen molar-refractivity contribution in [1.82, 2.24) is 0 Å². The Labute approximate surface area is 109 Å². The van der Waals surface area contributed by atoms with Gasteiger partial charge in [-0.1, -0.05) is 48.5 Å². The van der Waals surface area contributed by atoms with Crippen molar-refractivity contribution in [3.8, 4) is 11.1 Å². The topological polar surface area (TPSA) is 74.6 Å². The van der Waals surface area contributed by atoms with E-state index in [2.05, 4.69) is 0 Å². The van der Waals surface area contributed by atoms with Crippen LogP contribution in [0.2, 0.25) is 0 Å². The second-order valence-electron chi connectivity index (χ2n) is 4.49. The highest BCUT2D eigenvalue weighted by atomic mass is 31.2. The van der Waals surface area contributed by atoms with Gasteiger partial charge >= 0.3 is 7.60 Å². The highest BCUT2D eigenvalue weighted by Gasteiger charge is 2.42. The first-order valence-corrected chi connectivity index (χ1v) is 7.46. The van der Waals surface area contributed by atoms with Gasteiger partial charge in [0.15, 0.2) is 5.78 Å². The molecule has 2 aromatic rings. The molecule has 0 spiro atoms. The van der Waals surface area contributed by atoms with Gasteiger partial charge in [-0.05, 0) is 16.7 Å². The molecule has 0 heterocycles. The zero-order chi connectivity index (χ0) is 13.6. The molecule has 0 saturated carbocycles. The third kappa shape index (κ3) is 1.85. The van der Waals surface area contributed by atoms with Crippen LogP contribution in [0.4, 0.5) is 0 Å². The van der Waals surface area contributed by atoms with Crippen molar-refractivity contribution >= 4 is 13.4 Å². The number of carbonyl (C=O) groups is 1. The van der Waals surface area contributed by atoms with Crippen LogP contribution in [0.3, 0.4) is 0 Å². The van der Waals surface area contributed by atoms with Crippen molar-refractivity contribution in [2.24, 2.45) is 0 Å². The van der Waals surface area contributed by atoms with Gasteiger partial charge in [0.1, 0.15) is 5.66 Å². The molecule has 4 nitrogen and oxygen atoms in total. The summed E-state index contributed by atoms with van der Waals surface area (Å²) in [6.07, 6.45) is 0. The molecule has 0 saturated heterocycles. The maximum Gasteiger partial charge on any atom is 0.340 e. The first kappa shape index (κ1) is 12.3. The number of fused-ring (bicyclic) bond motifs is 3. The third-order valence-corrected chi connectivity index (χ3v) is 4.51. The number of hydrogen-bond donors (Lipinski definition) is 2. The summed E-state index contributed by atoms with van der Waals surface area (Å²) in [5.74, 6) is -0.511. The minimum atomic E-state index is -4.53. The SMILES string of the molecule is O=C1c2ccccc2-c2ccccc2C1P(=O)(O)O. The summed E-state index contributed by atoms with van der Waals surface area (Å²) >= 11 is 0. The summed E-state index contributed by atoms with van der Waals surface area (Å²) in [5.41, 5.74) is 0.825. The summed E-state index contributed by atoms with van der Waals surface area (Å²) in [5, 5.41) is 0. The average Bonchev–Trinajstić information content (AvgIpc) is 2.38. The lowest BCUT2D eigenvalue weighted by molar-refractivity contribution is 0.0977. The van der Waals surface area contributed by atoms with Gasteiger partial charge in [0.2, 0.25) is 0 Å². The van der Waals surface area contributed by atoms with Crippen molar-refractivity contribution in [1.29, 1.82) is 0 Å². The fourth-order valence-corrected chi connectivity index (χ4v) is 3.57. The van der Waals surface area contributed by atoms with Crippen LogP contribution in [0.1, 0.15) is 21.6 Å². The highest BCUT2D eigenvalue weighted by Crippen LogP contribution is 2.57. The first-order chi connectivity index (χ1) is 9.00. The molecular formula is C14H11O4P. The fraction of sp³-hybridized carbons (Fsp3) is 0.0714. The predicted molar refractivity (Wildman–Crippen MR) is 71.0 cm³/mol. The fourth-order valence-electron chi connectivity index (χ4n) is 2.54. The number of hydrogen-bond acceptors (Lipinski definition) is 2. The Morgan fingerprint density at radius 3 is 2.00 bits per heavy atom. The quantitative estimate of drug-likeness (QED) is 0.784. The molecule has 2 N–H and O–H groups in total. The minimum absolute atomic E-state index is 0.370. The maximum atomic E-state index is 12.3. The molecule has 1 aliphatic rings. The molecule has 0 fully saturated rings. The van der Waals surface area contributed by atoms with E-state index in [1.807, 2.05) is 0 Å². The van der Waals surface area contributed by atoms with Crippen LogP contribution in [0, 0.1) is 0 Å². The second kappa shape index (κ2) is 4.14. The standard InChI is InChI=1S/C14H11O4P/c15-13-11-7-3-1-5-9(11)10-6-2-4-8-12(10)14(13)19(16,17)18/h1-8,14H,(H2,16,17,18). The van der Waals surface area contributed by atoms with E-state index in [1.54, 1.807) is 48.5 Å². The monoisotopic (exact) mass is 274 g/mol. The van der Waals surface area contributed by atoms with Gasteiger partial charge in [-0.3, -0.25) is 9.36 Å². The maximum absolute atomic E-state index is 12.3. The molecule has 1 atom stereocenters. The van der Waals surface area contributed by atoms with Crippen LogP contribution < -0.4 is 0 Å². The van der Waals surface area contributed by atoms with E-state index in [0.29, 0.717) is 16.7 Å². The van der Waals surface area contributed by atoms with Crippen molar-refractivity contribution in [2.75, 3.05) is 0 Å². The van der Waals surface area contributed by atoms with Crippen LogP contribution in [-0.4, -0.2) is 15.6 Å².